The zero-order chi connectivity index (χ0) is 17.7. The fourth-order valence-corrected chi connectivity index (χ4v) is 2.70. The summed E-state index contributed by atoms with van der Waals surface area (Å²) >= 11 is 0. The van der Waals surface area contributed by atoms with Crippen molar-refractivity contribution in [3.63, 3.8) is 0 Å². The van der Waals surface area contributed by atoms with Gasteiger partial charge in [-0.25, -0.2) is 4.39 Å². The lowest BCUT2D eigenvalue weighted by atomic mass is 10.0. The Morgan fingerprint density at radius 1 is 1.46 bits per heavy atom. The van der Waals surface area contributed by atoms with Gasteiger partial charge in [0.2, 0.25) is 5.90 Å². The number of allylic oxidation sites excluding steroid dienone is 2. The number of halogens is 1. The first-order chi connectivity index (χ1) is 11.3. The smallest absolute Gasteiger partial charge is 0.213 e. The number of hydrogen-bond acceptors (Lipinski definition) is 5. The summed E-state index contributed by atoms with van der Waals surface area (Å²) in [6.45, 7) is 7.94. The third-order valence-corrected chi connectivity index (χ3v) is 3.81. The van der Waals surface area contributed by atoms with E-state index in [0.29, 0.717) is 26.1 Å². The Morgan fingerprint density at radius 2 is 2.21 bits per heavy atom. The molecule has 2 heterocycles. The van der Waals surface area contributed by atoms with E-state index in [1.54, 1.807) is 13.0 Å². The fourth-order valence-electron chi connectivity index (χ4n) is 2.70. The topological polar surface area (TPSA) is 60.8 Å². The second-order valence-corrected chi connectivity index (χ2v) is 6.52. The van der Waals surface area contributed by atoms with Gasteiger partial charge in [-0.15, -0.1) is 0 Å². The van der Waals surface area contributed by atoms with Crippen molar-refractivity contribution in [3.8, 4) is 0 Å². The van der Waals surface area contributed by atoms with Crippen LogP contribution in [0.5, 0.6) is 0 Å². The monoisotopic (exact) mass is 339 g/mol. The van der Waals surface area contributed by atoms with Crippen LogP contribution in [0.1, 0.15) is 40.5 Å². The van der Waals surface area contributed by atoms with E-state index >= 15 is 0 Å². The summed E-state index contributed by atoms with van der Waals surface area (Å²) in [5, 5.41) is 8.06. The first-order valence-corrected chi connectivity index (χ1v) is 8.26. The minimum atomic E-state index is -0.723. The molecule has 0 spiro atoms. The van der Waals surface area contributed by atoms with E-state index in [1.165, 1.54) is 6.08 Å². The summed E-state index contributed by atoms with van der Waals surface area (Å²) in [5.74, 6) is -0.953. The molecule has 0 amide bonds. The van der Waals surface area contributed by atoms with E-state index < -0.39 is 11.9 Å². The summed E-state index contributed by atoms with van der Waals surface area (Å²) in [6.07, 6.45) is 3.28. The molecular formula is C18H26FNO4. The van der Waals surface area contributed by atoms with Gasteiger partial charge in [-0.1, -0.05) is 18.7 Å². The van der Waals surface area contributed by atoms with Gasteiger partial charge in [-0.2, -0.15) is 0 Å². The highest BCUT2D eigenvalue weighted by Crippen LogP contribution is 2.32. The van der Waals surface area contributed by atoms with E-state index in [1.807, 2.05) is 20.8 Å². The van der Waals surface area contributed by atoms with Crippen LogP contribution in [-0.4, -0.2) is 43.2 Å². The Balaban J connectivity index is 2.00. The highest BCUT2D eigenvalue weighted by atomic mass is 19.1. The van der Waals surface area contributed by atoms with Gasteiger partial charge < -0.3 is 18.9 Å². The summed E-state index contributed by atoms with van der Waals surface area (Å²) in [7, 11) is 0. The SMILES string of the molecule is CCC(F)=C=C/C=C(\C)COC1C(=N)OCC2C[C@@H]1OC(C)(C)O2. The molecule has 2 bridgehead atoms. The third-order valence-electron chi connectivity index (χ3n) is 3.81. The summed E-state index contributed by atoms with van der Waals surface area (Å²) < 4.78 is 36.0. The fraction of sp³-hybridized carbons (Fsp3) is 0.667. The molecule has 0 aromatic carbocycles. The van der Waals surface area contributed by atoms with Crippen LogP contribution < -0.4 is 0 Å². The number of rotatable bonds is 5. The Hall–Kier alpha value is -1.46. The molecule has 6 heteroatoms. The summed E-state index contributed by atoms with van der Waals surface area (Å²) in [6, 6.07) is 0. The van der Waals surface area contributed by atoms with E-state index in [-0.39, 0.29) is 23.9 Å². The summed E-state index contributed by atoms with van der Waals surface area (Å²) in [5.41, 5.74) is 3.45. The summed E-state index contributed by atoms with van der Waals surface area (Å²) in [4.78, 5) is 0. The van der Waals surface area contributed by atoms with Gasteiger partial charge in [0.25, 0.3) is 0 Å². The average molecular weight is 339 g/mol. The number of nitrogens with one attached hydrogen (secondary N) is 1. The van der Waals surface area contributed by atoms with Crippen molar-refractivity contribution in [2.75, 3.05) is 13.2 Å². The molecule has 0 radical (unpaired) electrons. The highest BCUT2D eigenvalue weighted by Gasteiger charge is 2.44. The maximum atomic E-state index is 13.0. The second kappa shape index (κ2) is 8.08. The van der Waals surface area contributed by atoms with Crippen LogP contribution >= 0.6 is 0 Å². The lowest BCUT2D eigenvalue weighted by Gasteiger charge is -2.40. The van der Waals surface area contributed by atoms with Gasteiger partial charge in [0.05, 0.1) is 18.8 Å². The van der Waals surface area contributed by atoms with Crippen molar-refractivity contribution in [2.24, 2.45) is 0 Å². The molecule has 3 atom stereocenters. The molecule has 2 rings (SSSR count). The molecule has 0 aliphatic carbocycles. The Kier molecular flexibility index (Phi) is 6.35. The molecule has 2 aliphatic heterocycles. The average Bonchev–Trinajstić information content (AvgIpc) is 2.61. The van der Waals surface area contributed by atoms with Crippen molar-refractivity contribution in [2.45, 2.75) is 64.6 Å². The largest absolute Gasteiger partial charge is 0.476 e. The predicted molar refractivity (Wildman–Crippen MR) is 88.6 cm³/mol. The Bertz CT molecular complexity index is 563. The molecule has 2 saturated heterocycles. The van der Waals surface area contributed by atoms with Crippen LogP contribution in [0.4, 0.5) is 4.39 Å². The van der Waals surface area contributed by atoms with Gasteiger partial charge in [0.1, 0.15) is 12.4 Å². The van der Waals surface area contributed by atoms with Gasteiger partial charge in [-0.3, -0.25) is 5.41 Å². The van der Waals surface area contributed by atoms with Crippen LogP contribution in [-0.2, 0) is 18.9 Å². The van der Waals surface area contributed by atoms with Crippen LogP contribution in [0.25, 0.3) is 0 Å². The predicted octanol–water partition coefficient (Wildman–Crippen LogP) is 3.65. The quantitative estimate of drug-likeness (QED) is 0.613. The van der Waals surface area contributed by atoms with Crippen molar-refractivity contribution in [3.05, 3.63) is 29.3 Å². The van der Waals surface area contributed by atoms with Crippen molar-refractivity contribution in [1.82, 2.24) is 0 Å². The van der Waals surface area contributed by atoms with Crippen molar-refractivity contribution < 1.29 is 23.3 Å². The van der Waals surface area contributed by atoms with Gasteiger partial charge in [0.15, 0.2) is 11.9 Å². The van der Waals surface area contributed by atoms with Crippen LogP contribution in [0.2, 0.25) is 0 Å². The minimum absolute atomic E-state index is 0.0593. The molecule has 5 nitrogen and oxygen atoms in total. The highest BCUT2D eigenvalue weighted by molar-refractivity contribution is 5.78. The molecule has 1 N–H and O–H groups in total. The number of fused-ring (bicyclic) bond motifs is 2. The normalized spacial score (nSPS) is 29.3. The molecule has 2 unspecified atom stereocenters. The standard InChI is InChI=1S/C18H26FNO4/c1-5-13(19)8-6-7-12(2)10-21-16-15-9-14(11-22-17(16)20)23-18(3,4)24-15/h6-7,14-16,20H,5,9-11H2,1-4H3/b12-7+,20-17?/t8?,14?,15-,16?/m0/s1. The van der Waals surface area contributed by atoms with Gasteiger partial charge in [-0.05, 0) is 32.4 Å². The maximum Gasteiger partial charge on any atom is 0.213 e. The van der Waals surface area contributed by atoms with E-state index in [2.05, 4.69) is 5.73 Å². The second-order valence-electron chi connectivity index (χ2n) is 6.52. The maximum absolute atomic E-state index is 13.0. The van der Waals surface area contributed by atoms with E-state index in [9.17, 15) is 4.39 Å². The minimum Gasteiger partial charge on any atom is -0.476 e. The molecular weight excluding hydrogens is 313 g/mol. The Labute approximate surface area is 142 Å². The number of hydrogen-bond donors (Lipinski definition) is 1. The van der Waals surface area contributed by atoms with E-state index in [4.69, 9.17) is 24.4 Å². The van der Waals surface area contributed by atoms with E-state index in [0.717, 1.165) is 5.57 Å². The van der Waals surface area contributed by atoms with Crippen LogP contribution in [0.3, 0.4) is 0 Å². The molecule has 0 aromatic rings. The molecule has 24 heavy (non-hydrogen) atoms. The molecule has 0 aromatic heterocycles. The van der Waals surface area contributed by atoms with Gasteiger partial charge in [0, 0.05) is 12.8 Å². The molecule has 2 aliphatic rings. The lowest BCUT2D eigenvalue weighted by molar-refractivity contribution is -0.307. The molecule has 0 saturated carbocycles. The zero-order valence-electron chi connectivity index (χ0n) is 14.7. The van der Waals surface area contributed by atoms with Crippen LogP contribution in [0.15, 0.2) is 29.3 Å². The molecule has 2 fully saturated rings. The van der Waals surface area contributed by atoms with Gasteiger partial charge >= 0.3 is 0 Å². The van der Waals surface area contributed by atoms with Crippen molar-refractivity contribution in [1.29, 1.82) is 5.41 Å². The lowest BCUT2D eigenvalue weighted by Crippen LogP contribution is -2.49. The number of ether oxygens (including phenoxy) is 4. The zero-order valence-corrected chi connectivity index (χ0v) is 14.7. The third kappa shape index (κ3) is 5.28. The first-order valence-electron chi connectivity index (χ1n) is 8.26. The molecule has 134 valence electrons. The van der Waals surface area contributed by atoms with Crippen molar-refractivity contribution >= 4 is 5.90 Å². The Morgan fingerprint density at radius 3 is 2.92 bits per heavy atom. The van der Waals surface area contributed by atoms with Crippen LogP contribution in [0, 0.1) is 5.41 Å². The first kappa shape index (κ1) is 18.9.